The van der Waals surface area contributed by atoms with Gasteiger partial charge in [0.15, 0.2) is 0 Å². The highest BCUT2D eigenvalue weighted by molar-refractivity contribution is 7.98. The first kappa shape index (κ1) is 20.4. The van der Waals surface area contributed by atoms with Crippen molar-refractivity contribution in [3.05, 3.63) is 96.6 Å². The van der Waals surface area contributed by atoms with Gasteiger partial charge in [0.1, 0.15) is 11.2 Å². The van der Waals surface area contributed by atoms with E-state index in [1.807, 2.05) is 18.2 Å². The molecule has 1 heterocycles. The number of hydrogen-bond acceptors (Lipinski definition) is 3. The second-order valence-electron chi connectivity index (χ2n) is 7.75. The van der Waals surface area contributed by atoms with Gasteiger partial charge in [-0.3, -0.25) is 4.79 Å². The first-order valence-corrected chi connectivity index (χ1v) is 11.7. The number of aliphatic carboxylic acids is 1. The summed E-state index contributed by atoms with van der Waals surface area (Å²) >= 11 is 1.65. The number of hydrogen-bond donors (Lipinski definition) is 1. The second kappa shape index (κ2) is 8.93. The molecule has 0 radical (unpaired) electrons. The summed E-state index contributed by atoms with van der Waals surface area (Å²) in [5.74, 6) is 0.708. The molecule has 5 rings (SSSR count). The molecule has 0 aliphatic heterocycles. The summed E-state index contributed by atoms with van der Waals surface area (Å²) in [4.78, 5) is 10.6. The van der Waals surface area contributed by atoms with Crippen LogP contribution in [0.15, 0.2) is 95.4 Å². The molecule has 5 aromatic rings. The normalized spacial score (nSPS) is 11.2. The fraction of sp³-hybridized carbons (Fsp3) is 0.107. The van der Waals surface area contributed by atoms with Gasteiger partial charge < -0.3 is 9.52 Å². The SMILES string of the molecule is O=C(O)CCSCc1ccc(-c2cccc(-c3cccc4c3oc3ccccc34)c2)cc1. The molecular weight excluding hydrogens is 416 g/mol. The van der Waals surface area contributed by atoms with E-state index >= 15 is 0 Å². The molecule has 1 aromatic heterocycles. The minimum atomic E-state index is -0.744. The number of benzene rings is 4. The van der Waals surface area contributed by atoms with Gasteiger partial charge in [0.25, 0.3) is 0 Å². The Morgan fingerprint density at radius 3 is 2.38 bits per heavy atom. The Morgan fingerprint density at radius 2 is 1.53 bits per heavy atom. The standard InChI is InChI=1S/C28H22O3S/c29-27(30)15-16-32-18-19-11-13-20(14-12-19)21-5-3-6-22(17-21)23-8-4-9-25-24-7-1-2-10-26(24)31-28(23)25/h1-14,17H,15-16,18H2,(H,29,30). The average Bonchev–Trinajstić information content (AvgIpc) is 3.21. The van der Waals surface area contributed by atoms with Crippen molar-refractivity contribution in [1.82, 2.24) is 0 Å². The molecule has 4 aromatic carbocycles. The molecule has 0 amide bonds. The first-order valence-electron chi connectivity index (χ1n) is 10.6. The van der Waals surface area contributed by atoms with Crippen LogP contribution in [0.3, 0.4) is 0 Å². The number of para-hydroxylation sites is 2. The summed E-state index contributed by atoms with van der Waals surface area (Å²) in [7, 11) is 0. The van der Waals surface area contributed by atoms with E-state index in [4.69, 9.17) is 9.52 Å². The molecule has 158 valence electrons. The first-order chi connectivity index (χ1) is 15.7. The number of thioether (sulfide) groups is 1. The van der Waals surface area contributed by atoms with E-state index in [1.165, 1.54) is 5.56 Å². The highest BCUT2D eigenvalue weighted by atomic mass is 32.2. The molecule has 3 nitrogen and oxygen atoms in total. The molecule has 1 N–H and O–H groups in total. The van der Waals surface area contributed by atoms with Gasteiger partial charge >= 0.3 is 5.97 Å². The zero-order valence-corrected chi connectivity index (χ0v) is 18.3. The Kier molecular flexibility index (Phi) is 5.70. The van der Waals surface area contributed by atoms with E-state index in [1.54, 1.807) is 11.8 Å². The van der Waals surface area contributed by atoms with Gasteiger partial charge in [-0.1, -0.05) is 78.9 Å². The van der Waals surface area contributed by atoms with Gasteiger partial charge in [-0.05, 0) is 34.4 Å². The summed E-state index contributed by atoms with van der Waals surface area (Å²) in [5, 5.41) is 11.0. The maximum atomic E-state index is 10.6. The summed E-state index contributed by atoms with van der Waals surface area (Å²) in [6, 6.07) is 31.5. The predicted molar refractivity (Wildman–Crippen MR) is 133 cm³/mol. The monoisotopic (exact) mass is 438 g/mol. The predicted octanol–water partition coefficient (Wildman–Crippen LogP) is 7.63. The molecule has 0 fully saturated rings. The van der Waals surface area contributed by atoms with Gasteiger partial charge in [-0.25, -0.2) is 0 Å². The van der Waals surface area contributed by atoms with Gasteiger partial charge in [0.05, 0.1) is 6.42 Å². The summed E-state index contributed by atoms with van der Waals surface area (Å²) in [5.41, 5.74) is 7.55. The molecule has 0 aliphatic carbocycles. The van der Waals surface area contributed by atoms with Crippen LogP contribution in [0.1, 0.15) is 12.0 Å². The molecule has 0 bridgehead atoms. The van der Waals surface area contributed by atoms with E-state index in [2.05, 4.69) is 72.8 Å². The smallest absolute Gasteiger partial charge is 0.304 e. The lowest BCUT2D eigenvalue weighted by Crippen LogP contribution is -1.96. The summed E-state index contributed by atoms with van der Waals surface area (Å²) in [6.07, 6.45) is 0.202. The third kappa shape index (κ3) is 4.14. The minimum absolute atomic E-state index is 0.202. The van der Waals surface area contributed by atoms with E-state index < -0.39 is 5.97 Å². The molecule has 0 spiro atoms. The zero-order valence-electron chi connectivity index (χ0n) is 17.5. The van der Waals surface area contributed by atoms with Crippen molar-refractivity contribution in [2.45, 2.75) is 12.2 Å². The van der Waals surface area contributed by atoms with Crippen LogP contribution in [0, 0.1) is 0 Å². The fourth-order valence-electron chi connectivity index (χ4n) is 3.98. The molecule has 0 atom stereocenters. The van der Waals surface area contributed by atoms with Crippen LogP contribution in [-0.2, 0) is 10.5 Å². The number of rotatable bonds is 7. The van der Waals surface area contributed by atoms with E-state index in [0.717, 1.165) is 49.9 Å². The number of carboxylic acids is 1. The van der Waals surface area contributed by atoms with Crippen LogP contribution in [0.4, 0.5) is 0 Å². The number of fused-ring (bicyclic) bond motifs is 3. The Morgan fingerprint density at radius 1 is 0.781 bits per heavy atom. The van der Waals surface area contributed by atoms with Crippen molar-refractivity contribution in [3.8, 4) is 22.3 Å². The van der Waals surface area contributed by atoms with E-state index in [9.17, 15) is 4.79 Å². The lowest BCUT2D eigenvalue weighted by atomic mass is 9.97. The third-order valence-electron chi connectivity index (χ3n) is 5.59. The van der Waals surface area contributed by atoms with Crippen molar-refractivity contribution in [1.29, 1.82) is 0 Å². The topological polar surface area (TPSA) is 50.4 Å². The highest BCUT2D eigenvalue weighted by Gasteiger charge is 2.12. The van der Waals surface area contributed by atoms with Gasteiger partial charge in [-0.15, -0.1) is 0 Å². The number of carboxylic acid groups (broad SMARTS) is 1. The second-order valence-corrected chi connectivity index (χ2v) is 8.86. The molecule has 0 saturated carbocycles. The van der Waals surface area contributed by atoms with E-state index in [-0.39, 0.29) is 6.42 Å². The molecule has 0 saturated heterocycles. The van der Waals surface area contributed by atoms with Crippen LogP contribution < -0.4 is 0 Å². The van der Waals surface area contributed by atoms with Crippen LogP contribution in [0.25, 0.3) is 44.2 Å². The molecule has 4 heteroatoms. The van der Waals surface area contributed by atoms with E-state index in [0.29, 0.717) is 5.75 Å². The van der Waals surface area contributed by atoms with Crippen LogP contribution >= 0.6 is 11.8 Å². The molecular formula is C28H22O3S. The maximum absolute atomic E-state index is 10.6. The van der Waals surface area contributed by atoms with Crippen LogP contribution in [0.2, 0.25) is 0 Å². The maximum Gasteiger partial charge on any atom is 0.304 e. The van der Waals surface area contributed by atoms with Crippen LogP contribution in [0.5, 0.6) is 0 Å². The van der Waals surface area contributed by atoms with Crippen molar-refractivity contribution in [2.75, 3.05) is 5.75 Å². The Hall–Kier alpha value is -3.50. The van der Waals surface area contributed by atoms with Crippen molar-refractivity contribution in [2.24, 2.45) is 0 Å². The largest absolute Gasteiger partial charge is 0.481 e. The van der Waals surface area contributed by atoms with Gasteiger partial charge in [-0.2, -0.15) is 11.8 Å². The minimum Gasteiger partial charge on any atom is -0.481 e. The Labute approximate surface area is 190 Å². The van der Waals surface area contributed by atoms with Gasteiger partial charge in [0.2, 0.25) is 0 Å². The lowest BCUT2D eigenvalue weighted by molar-refractivity contribution is -0.136. The van der Waals surface area contributed by atoms with Crippen LogP contribution in [-0.4, -0.2) is 16.8 Å². The quantitative estimate of drug-likeness (QED) is 0.265. The average molecular weight is 439 g/mol. The highest BCUT2D eigenvalue weighted by Crippen LogP contribution is 2.36. The zero-order chi connectivity index (χ0) is 21.9. The lowest BCUT2D eigenvalue weighted by Gasteiger charge is -2.08. The molecule has 32 heavy (non-hydrogen) atoms. The Balaban J connectivity index is 1.42. The number of carbonyl (C=O) groups is 1. The van der Waals surface area contributed by atoms with Crippen molar-refractivity contribution < 1.29 is 14.3 Å². The molecule has 0 aliphatic rings. The third-order valence-corrected chi connectivity index (χ3v) is 6.62. The molecule has 0 unspecified atom stereocenters. The van der Waals surface area contributed by atoms with Crippen molar-refractivity contribution in [3.63, 3.8) is 0 Å². The summed E-state index contributed by atoms with van der Waals surface area (Å²) < 4.78 is 6.22. The van der Waals surface area contributed by atoms with Crippen molar-refractivity contribution >= 4 is 39.7 Å². The number of furan rings is 1. The Bertz CT molecular complexity index is 1400. The summed E-state index contributed by atoms with van der Waals surface area (Å²) in [6.45, 7) is 0. The fourth-order valence-corrected chi connectivity index (χ4v) is 4.88. The van der Waals surface area contributed by atoms with Gasteiger partial charge in [0, 0.05) is 27.8 Å².